The SMILES string of the molecule is CC1CCC(CN)(N(C)CCc2ccccn2)C(C)C1. The molecule has 0 bridgehead atoms. The Morgan fingerprint density at radius 2 is 2.20 bits per heavy atom. The minimum Gasteiger partial charge on any atom is -0.329 e. The van der Waals surface area contributed by atoms with Crippen LogP contribution in [0.25, 0.3) is 0 Å². The van der Waals surface area contributed by atoms with E-state index >= 15 is 0 Å². The smallest absolute Gasteiger partial charge is 0.0416 e. The lowest BCUT2D eigenvalue weighted by atomic mass is 9.69. The van der Waals surface area contributed by atoms with Gasteiger partial charge in [-0.1, -0.05) is 19.9 Å². The van der Waals surface area contributed by atoms with Crippen molar-refractivity contribution in [1.29, 1.82) is 0 Å². The van der Waals surface area contributed by atoms with Gasteiger partial charge in [0.2, 0.25) is 0 Å². The van der Waals surface area contributed by atoms with Gasteiger partial charge in [-0.2, -0.15) is 0 Å². The fraction of sp³-hybridized carbons (Fsp3) is 0.706. The first-order valence-corrected chi connectivity index (χ1v) is 7.89. The highest BCUT2D eigenvalue weighted by Crippen LogP contribution is 2.39. The molecule has 3 atom stereocenters. The van der Waals surface area contributed by atoms with Crippen molar-refractivity contribution in [2.45, 2.75) is 45.1 Å². The third-order valence-electron chi connectivity index (χ3n) is 5.29. The van der Waals surface area contributed by atoms with E-state index in [1.165, 1.54) is 25.0 Å². The van der Waals surface area contributed by atoms with Gasteiger partial charge in [-0.05, 0) is 50.3 Å². The summed E-state index contributed by atoms with van der Waals surface area (Å²) in [5.41, 5.74) is 7.54. The van der Waals surface area contributed by atoms with Crippen LogP contribution < -0.4 is 5.73 Å². The van der Waals surface area contributed by atoms with Crippen LogP contribution in [-0.4, -0.2) is 35.6 Å². The first-order valence-electron chi connectivity index (χ1n) is 7.89. The molecule has 0 saturated heterocycles. The van der Waals surface area contributed by atoms with Crippen molar-refractivity contribution >= 4 is 0 Å². The van der Waals surface area contributed by atoms with E-state index in [-0.39, 0.29) is 5.54 Å². The van der Waals surface area contributed by atoms with E-state index in [9.17, 15) is 0 Å². The van der Waals surface area contributed by atoms with Crippen LogP contribution in [0.15, 0.2) is 24.4 Å². The molecule has 112 valence electrons. The summed E-state index contributed by atoms with van der Waals surface area (Å²) < 4.78 is 0. The molecule has 1 aromatic heterocycles. The average Bonchev–Trinajstić information content (AvgIpc) is 2.46. The molecule has 1 aliphatic carbocycles. The molecule has 0 aliphatic heterocycles. The maximum Gasteiger partial charge on any atom is 0.0416 e. The molecule has 20 heavy (non-hydrogen) atoms. The normalized spacial score (nSPS) is 30.6. The Morgan fingerprint density at radius 1 is 1.40 bits per heavy atom. The zero-order chi connectivity index (χ0) is 14.6. The fourth-order valence-electron chi connectivity index (χ4n) is 3.76. The Morgan fingerprint density at radius 3 is 2.80 bits per heavy atom. The van der Waals surface area contributed by atoms with Gasteiger partial charge in [0, 0.05) is 36.9 Å². The van der Waals surface area contributed by atoms with Crippen LogP contribution in [-0.2, 0) is 6.42 Å². The molecule has 1 aromatic rings. The standard InChI is InChI=1S/C17H29N3/c1-14-7-9-17(13-18,15(2)12-14)20(3)11-8-16-6-4-5-10-19-16/h4-6,10,14-15H,7-9,11-13,18H2,1-3H3. The molecule has 0 aromatic carbocycles. The second-order valence-corrected chi connectivity index (χ2v) is 6.58. The summed E-state index contributed by atoms with van der Waals surface area (Å²) in [5.74, 6) is 1.51. The summed E-state index contributed by atoms with van der Waals surface area (Å²) in [6, 6.07) is 6.14. The van der Waals surface area contributed by atoms with Gasteiger partial charge < -0.3 is 5.73 Å². The molecule has 3 heteroatoms. The number of pyridine rings is 1. The third kappa shape index (κ3) is 3.21. The second-order valence-electron chi connectivity index (χ2n) is 6.58. The molecule has 1 heterocycles. The number of nitrogens with zero attached hydrogens (tertiary/aromatic N) is 2. The van der Waals surface area contributed by atoms with Gasteiger partial charge in [0.15, 0.2) is 0 Å². The predicted octanol–water partition coefficient (Wildman–Crippen LogP) is 2.71. The zero-order valence-corrected chi connectivity index (χ0v) is 13.2. The van der Waals surface area contributed by atoms with E-state index < -0.39 is 0 Å². The minimum absolute atomic E-state index is 0.182. The monoisotopic (exact) mass is 275 g/mol. The van der Waals surface area contributed by atoms with Gasteiger partial charge in [0.25, 0.3) is 0 Å². The molecular weight excluding hydrogens is 246 g/mol. The van der Waals surface area contributed by atoms with Crippen molar-refractivity contribution in [3.05, 3.63) is 30.1 Å². The van der Waals surface area contributed by atoms with Crippen LogP contribution in [0, 0.1) is 11.8 Å². The van der Waals surface area contributed by atoms with Crippen LogP contribution in [0.3, 0.4) is 0 Å². The fourth-order valence-corrected chi connectivity index (χ4v) is 3.76. The van der Waals surface area contributed by atoms with Crippen molar-refractivity contribution in [1.82, 2.24) is 9.88 Å². The maximum absolute atomic E-state index is 6.19. The van der Waals surface area contributed by atoms with Crippen LogP contribution >= 0.6 is 0 Å². The van der Waals surface area contributed by atoms with Gasteiger partial charge >= 0.3 is 0 Å². The third-order valence-corrected chi connectivity index (χ3v) is 5.29. The quantitative estimate of drug-likeness (QED) is 0.898. The lowest BCUT2D eigenvalue weighted by molar-refractivity contribution is 0.0189. The van der Waals surface area contributed by atoms with Gasteiger partial charge in [-0.15, -0.1) is 0 Å². The highest BCUT2D eigenvalue weighted by atomic mass is 15.2. The van der Waals surface area contributed by atoms with E-state index in [4.69, 9.17) is 5.73 Å². The Hall–Kier alpha value is -0.930. The second kappa shape index (κ2) is 6.68. The summed E-state index contributed by atoms with van der Waals surface area (Å²) in [4.78, 5) is 6.92. The summed E-state index contributed by atoms with van der Waals surface area (Å²) in [5, 5.41) is 0. The molecule has 0 spiro atoms. The maximum atomic E-state index is 6.19. The summed E-state index contributed by atoms with van der Waals surface area (Å²) in [6.45, 7) is 6.54. The number of hydrogen-bond acceptors (Lipinski definition) is 3. The van der Waals surface area contributed by atoms with Gasteiger partial charge in [0.05, 0.1) is 0 Å². The molecular formula is C17H29N3. The summed E-state index contributed by atoms with van der Waals surface area (Å²) in [6.07, 6.45) is 6.70. The highest BCUT2D eigenvalue weighted by Gasteiger charge is 2.41. The minimum atomic E-state index is 0.182. The van der Waals surface area contributed by atoms with Gasteiger partial charge in [-0.25, -0.2) is 0 Å². The molecule has 1 saturated carbocycles. The Labute approximate surface area is 123 Å². The lowest BCUT2D eigenvalue weighted by Gasteiger charge is -2.50. The first-order chi connectivity index (χ1) is 9.58. The number of likely N-dealkylation sites (N-methyl/N-ethyl adjacent to an activating group) is 1. The number of hydrogen-bond donors (Lipinski definition) is 1. The van der Waals surface area contributed by atoms with Gasteiger partial charge in [0.1, 0.15) is 0 Å². The lowest BCUT2D eigenvalue weighted by Crippen LogP contribution is -2.59. The van der Waals surface area contributed by atoms with E-state index in [0.29, 0.717) is 5.92 Å². The molecule has 3 nitrogen and oxygen atoms in total. The molecule has 2 rings (SSSR count). The molecule has 2 N–H and O–H groups in total. The first kappa shape index (κ1) is 15.5. The Kier molecular flexibility index (Phi) is 5.17. The van der Waals surface area contributed by atoms with Crippen LogP contribution in [0.4, 0.5) is 0 Å². The number of aromatic nitrogens is 1. The molecule has 3 unspecified atom stereocenters. The topological polar surface area (TPSA) is 42.1 Å². The average molecular weight is 275 g/mol. The number of rotatable bonds is 5. The van der Waals surface area contributed by atoms with Crippen molar-refractivity contribution < 1.29 is 0 Å². The Balaban J connectivity index is 2.00. The Bertz CT molecular complexity index is 406. The van der Waals surface area contributed by atoms with E-state index in [1.807, 2.05) is 12.3 Å². The van der Waals surface area contributed by atoms with Crippen LogP contribution in [0.2, 0.25) is 0 Å². The molecule has 0 radical (unpaired) electrons. The van der Waals surface area contributed by atoms with E-state index in [0.717, 1.165) is 25.4 Å². The molecule has 1 fully saturated rings. The number of nitrogens with two attached hydrogens (primary N) is 1. The van der Waals surface area contributed by atoms with Crippen molar-refractivity contribution in [3.63, 3.8) is 0 Å². The van der Waals surface area contributed by atoms with Crippen molar-refractivity contribution in [2.75, 3.05) is 20.1 Å². The van der Waals surface area contributed by atoms with Crippen molar-refractivity contribution in [3.8, 4) is 0 Å². The van der Waals surface area contributed by atoms with Gasteiger partial charge in [-0.3, -0.25) is 9.88 Å². The largest absolute Gasteiger partial charge is 0.329 e. The predicted molar refractivity (Wildman–Crippen MR) is 84.5 cm³/mol. The zero-order valence-electron chi connectivity index (χ0n) is 13.2. The summed E-state index contributed by atoms with van der Waals surface area (Å²) >= 11 is 0. The van der Waals surface area contributed by atoms with Crippen molar-refractivity contribution in [2.24, 2.45) is 17.6 Å². The van der Waals surface area contributed by atoms with Crippen LogP contribution in [0.1, 0.15) is 38.8 Å². The van der Waals surface area contributed by atoms with Crippen LogP contribution in [0.5, 0.6) is 0 Å². The van der Waals surface area contributed by atoms with E-state index in [2.05, 4.69) is 42.9 Å². The van der Waals surface area contributed by atoms with E-state index in [1.54, 1.807) is 0 Å². The highest BCUT2D eigenvalue weighted by molar-refractivity contribution is 5.05. The molecule has 1 aliphatic rings. The molecule has 0 amide bonds. The summed E-state index contributed by atoms with van der Waals surface area (Å²) in [7, 11) is 2.24.